The van der Waals surface area contributed by atoms with Crippen molar-refractivity contribution in [2.45, 2.75) is 25.4 Å². The Morgan fingerprint density at radius 3 is 2.41 bits per heavy atom. The van der Waals surface area contributed by atoms with Gasteiger partial charge in [-0.05, 0) is 49.2 Å². The average molecular weight is 377 g/mol. The molecule has 2 atom stereocenters. The molecule has 0 unspecified atom stereocenters. The number of halogens is 1. The van der Waals surface area contributed by atoms with Crippen LogP contribution in [0.2, 0.25) is 5.02 Å². The second kappa shape index (κ2) is 7.45. The molecule has 4 heteroatoms. The molecule has 27 heavy (non-hydrogen) atoms. The molecule has 4 rings (SSSR count). The van der Waals surface area contributed by atoms with Gasteiger partial charge in [0.15, 0.2) is 0 Å². The van der Waals surface area contributed by atoms with E-state index in [4.69, 9.17) is 11.6 Å². The minimum Gasteiger partial charge on any atom is -0.378 e. The lowest BCUT2D eigenvalue weighted by molar-refractivity contribution is 0.0974. The Labute approximate surface area is 164 Å². The summed E-state index contributed by atoms with van der Waals surface area (Å²) < 4.78 is 0. The van der Waals surface area contributed by atoms with Crippen LogP contribution in [0.4, 0.5) is 11.4 Å². The lowest BCUT2D eigenvalue weighted by Gasteiger charge is -2.40. The SMILES string of the molecule is C[C@@H]1C[C@@H](Nc2ccccc2)c2ccccc2N1C(=O)c1ccccc1Cl. The third-order valence-corrected chi connectivity index (χ3v) is 5.36. The maximum atomic E-state index is 13.3. The van der Waals surface area contributed by atoms with Crippen molar-refractivity contribution < 1.29 is 4.79 Å². The van der Waals surface area contributed by atoms with Crippen LogP contribution in [-0.4, -0.2) is 11.9 Å². The number of carbonyl (C=O) groups is 1. The van der Waals surface area contributed by atoms with Gasteiger partial charge in [-0.15, -0.1) is 0 Å². The van der Waals surface area contributed by atoms with Crippen molar-refractivity contribution in [2.75, 3.05) is 10.2 Å². The standard InChI is InChI=1S/C23H21ClN2O/c1-16-15-21(25-17-9-3-2-4-10-17)19-12-6-8-14-22(19)26(16)23(27)18-11-5-7-13-20(18)24/h2-14,16,21,25H,15H2,1H3/t16-,21-/m1/s1. The van der Waals surface area contributed by atoms with Gasteiger partial charge in [0, 0.05) is 17.4 Å². The van der Waals surface area contributed by atoms with E-state index in [1.54, 1.807) is 12.1 Å². The molecule has 0 spiro atoms. The van der Waals surface area contributed by atoms with E-state index in [2.05, 4.69) is 30.4 Å². The van der Waals surface area contributed by atoms with Crippen molar-refractivity contribution in [3.8, 4) is 0 Å². The molecule has 1 amide bonds. The van der Waals surface area contributed by atoms with Gasteiger partial charge in [0.05, 0.1) is 16.6 Å². The summed E-state index contributed by atoms with van der Waals surface area (Å²) in [4.78, 5) is 15.2. The summed E-state index contributed by atoms with van der Waals surface area (Å²) in [6.07, 6.45) is 0.822. The highest BCUT2D eigenvalue weighted by molar-refractivity contribution is 6.34. The molecular formula is C23H21ClN2O. The van der Waals surface area contributed by atoms with Gasteiger partial charge in [-0.2, -0.15) is 0 Å². The number of benzene rings is 3. The average Bonchev–Trinajstić information content (AvgIpc) is 2.69. The number of anilines is 2. The number of hydrogen-bond acceptors (Lipinski definition) is 2. The highest BCUT2D eigenvalue weighted by atomic mass is 35.5. The third kappa shape index (κ3) is 3.43. The maximum Gasteiger partial charge on any atom is 0.260 e. The van der Waals surface area contributed by atoms with Gasteiger partial charge in [0.1, 0.15) is 0 Å². The first-order valence-electron chi connectivity index (χ1n) is 9.14. The Morgan fingerprint density at radius 2 is 1.63 bits per heavy atom. The second-order valence-electron chi connectivity index (χ2n) is 6.86. The molecule has 0 radical (unpaired) electrons. The van der Waals surface area contributed by atoms with Crippen LogP contribution in [0.3, 0.4) is 0 Å². The van der Waals surface area contributed by atoms with Crippen molar-refractivity contribution in [3.63, 3.8) is 0 Å². The molecule has 0 fully saturated rings. The lowest BCUT2D eigenvalue weighted by atomic mass is 9.90. The maximum absolute atomic E-state index is 13.3. The summed E-state index contributed by atoms with van der Waals surface area (Å²) in [5.74, 6) is -0.0567. The monoisotopic (exact) mass is 376 g/mol. The quantitative estimate of drug-likeness (QED) is 0.614. The van der Waals surface area contributed by atoms with Crippen molar-refractivity contribution in [3.05, 3.63) is 95.0 Å². The molecule has 0 saturated heterocycles. The van der Waals surface area contributed by atoms with Crippen molar-refractivity contribution >= 4 is 28.9 Å². The van der Waals surface area contributed by atoms with Gasteiger partial charge in [-0.25, -0.2) is 0 Å². The van der Waals surface area contributed by atoms with E-state index in [1.807, 2.05) is 53.4 Å². The smallest absolute Gasteiger partial charge is 0.260 e. The minimum absolute atomic E-state index is 0.0462. The van der Waals surface area contributed by atoms with Gasteiger partial charge in [0.2, 0.25) is 0 Å². The first-order chi connectivity index (χ1) is 13.1. The molecule has 3 aromatic rings. The fraction of sp³-hybridized carbons (Fsp3) is 0.174. The van der Waals surface area contributed by atoms with Crippen LogP contribution >= 0.6 is 11.6 Å². The van der Waals surface area contributed by atoms with E-state index in [-0.39, 0.29) is 18.0 Å². The highest BCUT2D eigenvalue weighted by Gasteiger charge is 2.34. The molecule has 0 aliphatic carbocycles. The van der Waals surface area contributed by atoms with E-state index >= 15 is 0 Å². The molecule has 136 valence electrons. The molecule has 1 heterocycles. The van der Waals surface area contributed by atoms with E-state index in [0.717, 1.165) is 23.4 Å². The van der Waals surface area contributed by atoms with Crippen LogP contribution in [0, 0.1) is 0 Å². The molecule has 1 aliphatic heterocycles. The van der Waals surface area contributed by atoms with E-state index in [9.17, 15) is 4.79 Å². The third-order valence-electron chi connectivity index (χ3n) is 5.03. The summed E-state index contributed by atoms with van der Waals surface area (Å²) in [5.41, 5.74) is 3.68. The van der Waals surface area contributed by atoms with Gasteiger partial charge in [-0.1, -0.05) is 60.1 Å². The first kappa shape index (κ1) is 17.6. The summed E-state index contributed by atoms with van der Waals surface area (Å²) >= 11 is 6.29. The Hall–Kier alpha value is -2.78. The van der Waals surface area contributed by atoms with E-state index in [1.165, 1.54) is 0 Å². The molecule has 1 aliphatic rings. The van der Waals surface area contributed by atoms with Crippen molar-refractivity contribution in [2.24, 2.45) is 0 Å². The first-order valence-corrected chi connectivity index (χ1v) is 9.51. The topological polar surface area (TPSA) is 32.3 Å². The molecule has 3 nitrogen and oxygen atoms in total. The molecule has 1 N–H and O–H groups in total. The number of nitrogens with zero attached hydrogens (tertiary/aromatic N) is 1. The normalized spacial score (nSPS) is 18.7. The second-order valence-corrected chi connectivity index (χ2v) is 7.27. The number of fused-ring (bicyclic) bond motifs is 1. The van der Waals surface area contributed by atoms with Gasteiger partial charge >= 0.3 is 0 Å². The zero-order chi connectivity index (χ0) is 18.8. The summed E-state index contributed by atoms with van der Waals surface area (Å²) in [5, 5.41) is 4.10. The van der Waals surface area contributed by atoms with E-state index in [0.29, 0.717) is 10.6 Å². The zero-order valence-corrected chi connectivity index (χ0v) is 15.9. The Balaban J connectivity index is 1.71. The summed E-state index contributed by atoms with van der Waals surface area (Å²) in [6.45, 7) is 2.09. The largest absolute Gasteiger partial charge is 0.378 e. The number of nitrogens with one attached hydrogen (secondary N) is 1. The number of amides is 1. The van der Waals surface area contributed by atoms with Crippen LogP contribution in [-0.2, 0) is 0 Å². The molecular weight excluding hydrogens is 356 g/mol. The van der Waals surface area contributed by atoms with Crippen molar-refractivity contribution in [1.82, 2.24) is 0 Å². The van der Waals surface area contributed by atoms with Crippen LogP contribution in [0.25, 0.3) is 0 Å². The fourth-order valence-electron chi connectivity index (χ4n) is 3.76. The van der Waals surface area contributed by atoms with Crippen LogP contribution < -0.4 is 10.2 Å². The van der Waals surface area contributed by atoms with E-state index < -0.39 is 0 Å². The van der Waals surface area contributed by atoms with Crippen LogP contribution in [0.15, 0.2) is 78.9 Å². The zero-order valence-electron chi connectivity index (χ0n) is 15.1. The lowest BCUT2D eigenvalue weighted by Crippen LogP contribution is -2.44. The Morgan fingerprint density at radius 1 is 0.963 bits per heavy atom. The number of rotatable bonds is 3. The van der Waals surface area contributed by atoms with Crippen LogP contribution in [0.5, 0.6) is 0 Å². The Bertz CT molecular complexity index is 957. The number of hydrogen-bond donors (Lipinski definition) is 1. The molecule has 0 bridgehead atoms. The molecule has 0 saturated carbocycles. The summed E-state index contributed by atoms with van der Waals surface area (Å²) in [6, 6.07) is 25.7. The molecule has 3 aromatic carbocycles. The van der Waals surface area contributed by atoms with Gasteiger partial charge < -0.3 is 10.2 Å². The molecule has 0 aromatic heterocycles. The van der Waals surface area contributed by atoms with Crippen molar-refractivity contribution in [1.29, 1.82) is 0 Å². The minimum atomic E-state index is -0.0567. The number of para-hydroxylation sites is 2. The van der Waals surface area contributed by atoms with Gasteiger partial charge in [0.25, 0.3) is 5.91 Å². The van der Waals surface area contributed by atoms with Crippen LogP contribution in [0.1, 0.15) is 35.3 Å². The predicted octanol–water partition coefficient (Wildman–Crippen LogP) is 5.93. The Kier molecular flexibility index (Phi) is 4.87. The number of carbonyl (C=O) groups excluding carboxylic acids is 1. The highest BCUT2D eigenvalue weighted by Crippen LogP contribution is 2.40. The summed E-state index contributed by atoms with van der Waals surface area (Å²) in [7, 11) is 0. The fourth-order valence-corrected chi connectivity index (χ4v) is 3.98. The predicted molar refractivity (Wildman–Crippen MR) is 112 cm³/mol. The van der Waals surface area contributed by atoms with Gasteiger partial charge in [-0.3, -0.25) is 4.79 Å².